The summed E-state index contributed by atoms with van der Waals surface area (Å²) in [6.45, 7) is 9.73. The molecule has 13 atom stereocenters. The van der Waals surface area contributed by atoms with E-state index in [4.69, 9.17) is 42.6 Å². The van der Waals surface area contributed by atoms with Crippen molar-refractivity contribution in [2.75, 3.05) is 13.2 Å². The summed E-state index contributed by atoms with van der Waals surface area (Å²) in [5.74, 6) is -11.5. The number of pyridine rings is 1. The number of esters is 8. The van der Waals surface area contributed by atoms with Crippen LogP contribution in [0.1, 0.15) is 91.1 Å². The highest BCUT2D eigenvalue weighted by atomic mass is 16.7. The number of aliphatic hydroxyl groups is 1. The third-order valence-electron chi connectivity index (χ3n) is 11.5. The van der Waals surface area contributed by atoms with E-state index in [9.17, 15) is 43.5 Å². The first-order valence-corrected chi connectivity index (χ1v) is 18.2. The molecule has 2 saturated carbocycles. The fourth-order valence-electron chi connectivity index (χ4n) is 9.30. The molecular weight excluding hydrogens is 758 g/mol. The predicted octanol–water partition coefficient (Wildman–Crippen LogP) is 1.03. The van der Waals surface area contributed by atoms with Gasteiger partial charge in [0, 0.05) is 53.9 Å². The second kappa shape index (κ2) is 15.3. The smallest absolute Gasteiger partial charge is 0.340 e. The van der Waals surface area contributed by atoms with Crippen LogP contribution in [-0.2, 0) is 76.2 Å². The van der Waals surface area contributed by atoms with Gasteiger partial charge >= 0.3 is 47.8 Å². The number of carbonyl (C=O) groups excluding carboxylic acids is 8. The number of rotatable bonds is 7. The van der Waals surface area contributed by atoms with E-state index in [0.29, 0.717) is 5.56 Å². The van der Waals surface area contributed by atoms with Crippen LogP contribution in [0.25, 0.3) is 0 Å². The summed E-state index contributed by atoms with van der Waals surface area (Å²) >= 11 is 0. The van der Waals surface area contributed by atoms with Crippen LogP contribution in [0, 0.1) is 17.3 Å². The Balaban J connectivity index is 2.01. The van der Waals surface area contributed by atoms with Crippen LogP contribution < -0.4 is 0 Å². The van der Waals surface area contributed by atoms with Gasteiger partial charge in [-0.15, -0.1) is 0 Å². The number of nitrogens with zero attached hydrogens (tertiary/aromatic N) is 1. The molecule has 0 radical (unpaired) electrons. The lowest BCUT2D eigenvalue weighted by molar-refractivity contribution is -0.387. The molecule has 1 spiro atoms. The maximum atomic E-state index is 14.4. The van der Waals surface area contributed by atoms with Crippen molar-refractivity contribution in [2.24, 2.45) is 17.3 Å². The van der Waals surface area contributed by atoms with Crippen LogP contribution >= 0.6 is 0 Å². The lowest BCUT2D eigenvalue weighted by Crippen LogP contribution is -2.89. The molecule has 3 fully saturated rings. The molecule has 2 aliphatic carbocycles. The number of cyclic esters (lactones) is 1. The summed E-state index contributed by atoms with van der Waals surface area (Å²) < 4.78 is 54.3. The number of hydrogen-bond donors (Lipinski definition) is 1. The molecule has 0 amide bonds. The molecule has 0 unspecified atom stereocenters. The maximum Gasteiger partial charge on any atom is 0.340 e. The second-order valence-electron chi connectivity index (χ2n) is 15.4. The normalized spacial score (nSPS) is 38.2. The number of aromatic nitrogens is 1. The van der Waals surface area contributed by atoms with Crippen LogP contribution in [0.2, 0.25) is 0 Å². The van der Waals surface area contributed by atoms with Crippen molar-refractivity contribution in [3.63, 3.8) is 0 Å². The highest BCUT2D eigenvalue weighted by molar-refractivity contribution is 5.91. The van der Waals surface area contributed by atoms with Crippen LogP contribution in [0.15, 0.2) is 18.5 Å². The molecule has 1 aromatic rings. The zero-order valence-corrected chi connectivity index (χ0v) is 33.2. The minimum absolute atomic E-state index is 0.0422. The molecule has 19 nitrogen and oxygen atoms in total. The molecule has 0 aromatic carbocycles. The van der Waals surface area contributed by atoms with Crippen LogP contribution in [0.3, 0.4) is 0 Å². The molecule has 1 saturated heterocycles. The average Bonchev–Trinajstić information content (AvgIpc) is 3.32. The Morgan fingerprint density at radius 2 is 1.30 bits per heavy atom. The Labute approximate surface area is 327 Å². The largest absolute Gasteiger partial charge is 0.465 e. The molecule has 3 heterocycles. The summed E-state index contributed by atoms with van der Waals surface area (Å²) in [5.41, 5.74) is -9.91. The number of ether oxygens (including phenoxy) is 9. The molecule has 4 aliphatic rings. The van der Waals surface area contributed by atoms with Crippen molar-refractivity contribution >= 4 is 47.8 Å². The van der Waals surface area contributed by atoms with E-state index in [1.54, 1.807) is 6.92 Å². The molecule has 57 heavy (non-hydrogen) atoms. The summed E-state index contributed by atoms with van der Waals surface area (Å²) in [5, 5.41) is 13.4. The SMILES string of the molecule is CC(=O)OC[C@]12[C@H](OC(C)=O)[C@H](OC(C)=O)[C@H]3[C@@H](OC(C)=O)[C@@]14O[C@@]3(C)COC(=O)c1cnccc1[C@H](C)[C@H](C)C(=O)O[C@@H]([C@H](OC(C)=O)[C@@H]2OC(C)=O)[C@]4(C)O. The molecule has 312 valence electrons. The Bertz CT molecular complexity index is 1860. The van der Waals surface area contributed by atoms with Crippen LogP contribution in [-0.4, -0.2) is 124 Å². The van der Waals surface area contributed by atoms with Gasteiger partial charge in [0.15, 0.2) is 30.0 Å². The Kier molecular flexibility index (Phi) is 11.5. The first-order valence-electron chi connectivity index (χ1n) is 18.2. The molecule has 2 aliphatic heterocycles. The first-order chi connectivity index (χ1) is 26.5. The summed E-state index contributed by atoms with van der Waals surface area (Å²) in [6.07, 6.45) is -9.28. The minimum atomic E-state index is -2.81. The first kappa shape index (κ1) is 43.0. The maximum absolute atomic E-state index is 14.4. The van der Waals surface area contributed by atoms with Crippen LogP contribution in [0.5, 0.6) is 0 Å². The van der Waals surface area contributed by atoms with Gasteiger partial charge in [-0.2, -0.15) is 0 Å². The summed E-state index contributed by atoms with van der Waals surface area (Å²) in [4.78, 5) is 111. The fourth-order valence-corrected chi connectivity index (χ4v) is 9.30. The molecule has 4 bridgehead atoms. The van der Waals surface area contributed by atoms with E-state index in [-0.39, 0.29) is 5.56 Å². The monoisotopic (exact) mass is 805 g/mol. The van der Waals surface area contributed by atoms with Gasteiger partial charge in [0.1, 0.15) is 42.0 Å². The molecule has 1 aromatic heterocycles. The van der Waals surface area contributed by atoms with E-state index >= 15 is 0 Å². The molecular formula is C38H47NO18. The standard InChI is InChI=1S/C38H47NO18/c1-16-17(2)33(46)56-30-28(52-20(5)42)32(55-23(8)45)37(15-49-18(3)40)31(54-22(7)44)27(51-19(4)41)26-29(53-21(6)43)38(37,36(30,10)48)57-35(26,9)14-50-34(47)25-13-39-12-11-24(16)25/h11-13,16-17,26-32,48H,14-15H2,1-10H3/t16-,17+,26+,27-,28+,29-,30+,31-,32+,35+,36+,37-,38+/m1/s1. The van der Waals surface area contributed by atoms with E-state index in [2.05, 4.69) is 4.98 Å². The van der Waals surface area contributed by atoms with Gasteiger partial charge in [-0.25, -0.2) is 4.79 Å². The van der Waals surface area contributed by atoms with E-state index in [1.165, 1.54) is 32.3 Å². The zero-order chi connectivity index (χ0) is 42.6. The second-order valence-corrected chi connectivity index (χ2v) is 15.4. The Morgan fingerprint density at radius 1 is 0.772 bits per heavy atom. The molecule has 19 heteroatoms. The van der Waals surface area contributed by atoms with Crippen molar-refractivity contribution in [2.45, 2.75) is 129 Å². The third kappa shape index (κ3) is 6.97. The van der Waals surface area contributed by atoms with Gasteiger partial charge in [-0.3, -0.25) is 38.5 Å². The summed E-state index contributed by atoms with van der Waals surface area (Å²) in [7, 11) is 0. The fraction of sp³-hybridized carbons (Fsp3) is 0.658. The third-order valence-corrected chi connectivity index (χ3v) is 11.5. The quantitative estimate of drug-likeness (QED) is 0.298. The van der Waals surface area contributed by atoms with Crippen molar-refractivity contribution < 1.29 is 86.1 Å². The van der Waals surface area contributed by atoms with Gasteiger partial charge in [0.05, 0.1) is 17.4 Å². The van der Waals surface area contributed by atoms with E-state index < -0.39 is 138 Å². The Hall–Kier alpha value is -5.17. The van der Waals surface area contributed by atoms with Crippen LogP contribution in [0.4, 0.5) is 0 Å². The molecule has 1 N–H and O–H groups in total. The minimum Gasteiger partial charge on any atom is -0.465 e. The van der Waals surface area contributed by atoms with Gasteiger partial charge < -0.3 is 47.7 Å². The lowest BCUT2D eigenvalue weighted by Gasteiger charge is -2.67. The number of carbonyl (C=O) groups is 8. The van der Waals surface area contributed by atoms with Gasteiger partial charge in [-0.05, 0) is 31.4 Å². The predicted molar refractivity (Wildman–Crippen MR) is 185 cm³/mol. The Morgan fingerprint density at radius 3 is 1.84 bits per heavy atom. The lowest BCUT2D eigenvalue weighted by atomic mass is 9.45. The number of hydrogen-bond acceptors (Lipinski definition) is 19. The van der Waals surface area contributed by atoms with Gasteiger partial charge in [0.2, 0.25) is 0 Å². The highest BCUT2D eigenvalue weighted by Gasteiger charge is 2.92. The number of fused-ring (bicyclic) bond motifs is 5. The van der Waals surface area contributed by atoms with Crippen molar-refractivity contribution in [3.05, 3.63) is 29.6 Å². The van der Waals surface area contributed by atoms with Crippen molar-refractivity contribution in [1.82, 2.24) is 4.98 Å². The summed E-state index contributed by atoms with van der Waals surface area (Å²) in [6, 6.07) is 1.50. The van der Waals surface area contributed by atoms with Gasteiger partial charge in [0.25, 0.3) is 0 Å². The van der Waals surface area contributed by atoms with Gasteiger partial charge in [-0.1, -0.05) is 13.8 Å². The average molecular weight is 806 g/mol. The van der Waals surface area contributed by atoms with Crippen molar-refractivity contribution in [1.29, 1.82) is 0 Å². The van der Waals surface area contributed by atoms with E-state index in [0.717, 1.165) is 48.5 Å². The zero-order valence-electron chi connectivity index (χ0n) is 33.2. The molecule has 5 rings (SSSR count). The highest BCUT2D eigenvalue weighted by Crippen LogP contribution is 2.70. The topological polar surface area (TPSA) is 253 Å². The van der Waals surface area contributed by atoms with Crippen molar-refractivity contribution in [3.8, 4) is 0 Å². The van der Waals surface area contributed by atoms with E-state index in [1.807, 2.05) is 0 Å².